The van der Waals surface area contributed by atoms with E-state index in [4.69, 9.17) is 5.26 Å². The molecule has 0 N–H and O–H groups in total. The van der Waals surface area contributed by atoms with Crippen LogP contribution in [-0.2, 0) is 4.74 Å². The topological polar surface area (TPSA) is 36.3 Å². The summed E-state index contributed by atoms with van der Waals surface area (Å²) in [6.07, 6.45) is 1.97. The Morgan fingerprint density at radius 3 is 1.62 bits per heavy atom. The van der Waals surface area contributed by atoms with Gasteiger partial charge in [0, 0.05) is 25.6 Å². The molecular weight excluding hydrogens is 224 g/mol. The van der Waals surface area contributed by atoms with Crippen molar-refractivity contribution in [2.24, 2.45) is 0 Å². The number of methoxy groups -OCH3 is 1. The molecule has 0 aliphatic heterocycles. The predicted molar refractivity (Wildman–Crippen MR) is 71.9 cm³/mol. The molecule has 0 radical (unpaired) electrons. The van der Waals surface area contributed by atoms with Gasteiger partial charge in [-0.05, 0) is 34.7 Å². The van der Waals surface area contributed by atoms with Crippen molar-refractivity contribution in [2.45, 2.75) is 46.2 Å². The largest absolute Gasteiger partial charge is 0.384 e. The zero-order valence-electron chi connectivity index (χ0n) is 11.7. The molecule has 98 valence electrons. The van der Waals surface area contributed by atoms with Crippen molar-refractivity contribution >= 4 is 11.6 Å². The number of ether oxygens (including phenoxy) is 1. The first-order valence-corrected chi connectivity index (χ1v) is 6.18. The second-order valence-corrected chi connectivity index (χ2v) is 3.75. The first kappa shape index (κ1) is 21.0. The van der Waals surface area contributed by atoms with Gasteiger partial charge in [-0.25, -0.2) is 0 Å². The van der Waals surface area contributed by atoms with Gasteiger partial charge in [0.05, 0.1) is 19.1 Å². The van der Waals surface area contributed by atoms with E-state index in [1.54, 1.807) is 7.11 Å². The molecule has 0 aromatic carbocycles. The molecule has 0 aromatic rings. The summed E-state index contributed by atoms with van der Waals surface area (Å²) < 4.78 is 4.56. The Morgan fingerprint density at radius 2 is 1.56 bits per heavy atom. The van der Waals surface area contributed by atoms with Crippen molar-refractivity contribution in [3.63, 3.8) is 0 Å². The standard InChI is InChI=1S/C7H17N.C4H7NO.CH3Cl/c1-6(2)8(5)7(3)4;1-6-4-2-3-5;1-2/h6-7H,1-5H3;2,4H2,1H3;1H3. The zero-order valence-corrected chi connectivity index (χ0v) is 12.5. The van der Waals surface area contributed by atoms with Gasteiger partial charge in [-0.3, -0.25) is 0 Å². The van der Waals surface area contributed by atoms with Gasteiger partial charge in [-0.2, -0.15) is 5.26 Å². The van der Waals surface area contributed by atoms with Crippen molar-refractivity contribution in [3.8, 4) is 6.07 Å². The molecule has 4 heteroatoms. The van der Waals surface area contributed by atoms with Gasteiger partial charge < -0.3 is 9.64 Å². The second-order valence-electron chi connectivity index (χ2n) is 3.75. The minimum Gasteiger partial charge on any atom is -0.384 e. The fourth-order valence-electron chi connectivity index (χ4n) is 0.744. The van der Waals surface area contributed by atoms with E-state index in [1.165, 1.54) is 6.38 Å². The van der Waals surface area contributed by atoms with E-state index in [0.717, 1.165) is 0 Å². The monoisotopic (exact) mass is 250 g/mol. The van der Waals surface area contributed by atoms with Crippen LogP contribution in [0.5, 0.6) is 0 Å². The van der Waals surface area contributed by atoms with Gasteiger partial charge in [0.2, 0.25) is 0 Å². The molecule has 0 bridgehead atoms. The average molecular weight is 251 g/mol. The van der Waals surface area contributed by atoms with Gasteiger partial charge >= 0.3 is 0 Å². The maximum atomic E-state index is 7.87. The van der Waals surface area contributed by atoms with Crippen molar-refractivity contribution in [3.05, 3.63) is 0 Å². The predicted octanol–water partition coefficient (Wildman–Crippen LogP) is 3.14. The maximum Gasteiger partial charge on any atom is 0.0645 e. The van der Waals surface area contributed by atoms with Crippen molar-refractivity contribution in [1.29, 1.82) is 5.26 Å². The Kier molecular flexibility index (Phi) is 22.5. The summed E-state index contributed by atoms with van der Waals surface area (Å²) in [6.45, 7) is 9.39. The molecule has 0 rings (SSSR count). The summed E-state index contributed by atoms with van der Waals surface area (Å²) >= 11 is 4.64. The SMILES string of the molecule is CC(C)N(C)C(C)C.CCl.COCCC#N. The van der Waals surface area contributed by atoms with Gasteiger partial charge in [0.25, 0.3) is 0 Å². The molecule has 0 aromatic heterocycles. The molecule has 0 saturated carbocycles. The summed E-state index contributed by atoms with van der Waals surface area (Å²) in [4.78, 5) is 2.33. The van der Waals surface area contributed by atoms with E-state index in [0.29, 0.717) is 25.1 Å². The molecule has 0 aliphatic rings. The highest BCUT2D eigenvalue weighted by Gasteiger charge is 2.04. The van der Waals surface area contributed by atoms with E-state index < -0.39 is 0 Å². The van der Waals surface area contributed by atoms with Crippen LogP contribution in [0, 0.1) is 11.3 Å². The summed E-state index contributed by atoms with van der Waals surface area (Å²) in [7, 11) is 3.73. The van der Waals surface area contributed by atoms with Crippen molar-refractivity contribution in [1.82, 2.24) is 4.90 Å². The zero-order chi connectivity index (χ0) is 13.6. The number of nitrogens with zero attached hydrogens (tertiary/aromatic N) is 2. The van der Waals surface area contributed by atoms with Gasteiger partial charge in [-0.15, -0.1) is 11.6 Å². The van der Waals surface area contributed by atoms with Crippen LogP contribution in [-0.4, -0.2) is 44.1 Å². The smallest absolute Gasteiger partial charge is 0.0645 e. The normalized spacial score (nSPS) is 9.12. The molecule has 3 nitrogen and oxygen atoms in total. The Bertz CT molecular complexity index is 148. The second kappa shape index (κ2) is 17.1. The molecule has 0 spiro atoms. The highest BCUT2D eigenvalue weighted by Crippen LogP contribution is 1.98. The van der Waals surface area contributed by atoms with E-state index >= 15 is 0 Å². The van der Waals surface area contributed by atoms with Crippen LogP contribution < -0.4 is 0 Å². The van der Waals surface area contributed by atoms with E-state index in [9.17, 15) is 0 Å². The summed E-state index contributed by atoms with van der Waals surface area (Å²) in [6, 6.07) is 3.30. The Hall–Kier alpha value is -0.300. The minimum absolute atomic E-state index is 0.497. The van der Waals surface area contributed by atoms with E-state index in [2.05, 4.69) is 56.0 Å². The average Bonchev–Trinajstić information content (AvgIpc) is 2.28. The molecule has 16 heavy (non-hydrogen) atoms. The molecule has 0 fully saturated rings. The third kappa shape index (κ3) is 19.3. The van der Waals surface area contributed by atoms with Crippen LogP contribution in [0.3, 0.4) is 0 Å². The molecule has 0 atom stereocenters. The Morgan fingerprint density at radius 1 is 1.19 bits per heavy atom. The minimum atomic E-state index is 0.497. The highest BCUT2D eigenvalue weighted by atomic mass is 35.5. The lowest BCUT2D eigenvalue weighted by Crippen LogP contribution is -2.32. The first-order chi connectivity index (χ1) is 7.47. The van der Waals surface area contributed by atoms with E-state index in [-0.39, 0.29) is 0 Å². The maximum absolute atomic E-state index is 7.87. The van der Waals surface area contributed by atoms with Crippen LogP contribution in [0.25, 0.3) is 0 Å². The van der Waals surface area contributed by atoms with Gasteiger partial charge in [0.15, 0.2) is 0 Å². The number of halogens is 1. The number of nitriles is 1. The highest BCUT2D eigenvalue weighted by molar-refractivity contribution is 6.15. The quantitative estimate of drug-likeness (QED) is 0.568. The molecule has 0 unspecified atom stereocenters. The summed E-state index contributed by atoms with van der Waals surface area (Å²) in [5.41, 5.74) is 0. The first-order valence-electron chi connectivity index (χ1n) is 5.43. The lowest BCUT2D eigenvalue weighted by Gasteiger charge is -2.24. The number of alkyl halides is 1. The molecular formula is C12H27ClN2O. The van der Waals surface area contributed by atoms with Crippen molar-refractivity contribution < 1.29 is 4.74 Å². The summed E-state index contributed by atoms with van der Waals surface area (Å²) in [5.74, 6) is 0. The number of hydrogen-bond donors (Lipinski definition) is 0. The van der Waals surface area contributed by atoms with E-state index in [1.807, 2.05) is 6.07 Å². The fraction of sp³-hybridized carbons (Fsp3) is 0.917. The molecule has 0 amide bonds. The third-order valence-corrected chi connectivity index (χ3v) is 2.05. The Balaban J connectivity index is -0.000000188. The van der Waals surface area contributed by atoms with Crippen LogP contribution in [0.15, 0.2) is 0 Å². The summed E-state index contributed by atoms with van der Waals surface area (Å²) in [5, 5.41) is 7.87. The van der Waals surface area contributed by atoms with Crippen LogP contribution in [0.1, 0.15) is 34.1 Å². The van der Waals surface area contributed by atoms with Gasteiger partial charge in [-0.1, -0.05) is 0 Å². The third-order valence-electron chi connectivity index (χ3n) is 2.05. The van der Waals surface area contributed by atoms with Crippen molar-refractivity contribution in [2.75, 3.05) is 27.1 Å². The molecule has 0 saturated heterocycles. The van der Waals surface area contributed by atoms with Crippen LogP contribution >= 0.6 is 11.6 Å². The molecule has 0 heterocycles. The fourth-order valence-corrected chi connectivity index (χ4v) is 0.744. The van der Waals surface area contributed by atoms with Gasteiger partial charge in [0.1, 0.15) is 0 Å². The van der Waals surface area contributed by atoms with Crippen LogP contribution in [0.4, 0.5) is 0 Å². The number of rotatable bonds is 4. The Labute approximate surface area is 106 Å². The van der Waals surface area contributed by atoms with Crippen LogP contribution in [0.2, 0.25) is 0 Å². The number of hydrogen-bond acceptors (Lipinski definition) is 3. The lowest BCUT2D eigenvalue weighted by atomic mass is 10.3. The lowest BCUT2D eigenvalue weighted by molar-refractivity contribution is 0.205. The molecule has 0 aliphatic carbocycles.